The number of aromatic nitrogens is 1. The van der Waals surface area contributed by atoms with Crippen LogP contribution < -0.4 is 5.32 Å². The van der Waals surface area contributed by atoms with Crippen LogP contribution in [0.2, 0.25) is 0 Å². The van der Waals surface area contributed by atoms with Gasteiger partial charge in [-0.2, -0.15) is 0 Å². The molecule has 1 heterocycles. The molecule has 3 rings (SSSR count). The lowest BCUT2D eigenvalue weighted by molar-refractivity contribution is 0.285. The normalized spacial score (nSPS) is 16.9. The van der Waals surface area contributed by atoms with Crippen molar-refractivity contribution in [1.29, 1.82) is 0 Å². The Hall–Kier alpha value is -1.77. The standard InChI is InChI=1S/C16H20N2O/c1-11(13-4-3-5-13)18-15-8-6-14(7-9-15)16-12(2)17-10-19-16/h6-11,13,18H,3-5H2,1-2H3. The van der Waals surface area contributed by atoms with Gasteiger partial charge in [-0.15, -0.1) is 0 Å². The highest BCUT2D eigenvalue weighted by molar-refractivity contribution is 5.63. The Labute approximate surface area is 114 Å². The highest BCUT2D eigenvalue weighted by atomic mass is 16.3. The van der Waals surface area contributed by atoms with Crippen molar-refractivity contribution in [3.05, 3.63) is 36.4 Å². The molecule has 1 aliphatic rings. The molecule has 2 aromatic rings. The van der Waals surface area contributed by atoms with Gasteiger partial charge in [0.15, 0.2) is 12.2 Å². The van der Waals surface area contributed by atoms with E-state index in [-0.39, 0.29) is 0 Å². The van der Waals surface area contributed by atoms with Crippen molar-refractivity contribution in [2.24, 2.45) is 5.92 Å². The number of hydrogen-bond donors (Lipinski definition) is 1. The van der Waals surface area contributed by atoms with Crippen molar-refractivity contribution in [3.63, 3.8) is 0 Å². The molecule has 1 unspecified atom stereocenters. The van der Waals surface area contributed by atoms with Crippen LogP contribution >= 0.6 is 0 Å². The highest BCUT2D eigenvalue weighted by Crippen LogP contribution is 2.31. The van der Waals surface area contributed by atoms with Crippen LogP contribution in [0.3, 0.4) is 0 Å². The zero-order valence-electron chi connectivity index (χ0n) is 11.5. The van der Waals surface area contributed by atoms with Crippen LogP contribution in [0.1, 0.15) is 31.9 Å². The van der Waals surface area contributed by atoms with Gasteiger partial charge in [0.2, 0.25) is 0 Å². The summed E-state index contributed by atoms with van der Waals surface area (Å²) >= 11 is 0. The highest BCUT2D eigenvalue weighted by Gasteiger charge is 2.23. The van der Waals surface area contributed by atoms with E-state index in [4.69, 9.17) is 4.42 Å². The summed E-state index contributed by atoms with van der Waals surface area (Å²) in [6, 6.07) is 8.97. The van der Waals surface area contributed by atoms with Crippen LogP contribution in [-0.2, 0) is 0 Å². The molecule has 0 aliphatic heterocycles. The quantitative estimate of drug-likeness (QED) is 0.888. The topological polar surface area (TPSA) is 38.1 Å². The molecule has 3 nitrogen and oxygen atoms in total. The first-order chi connectivity index (χ1) is 9.24. The summed E-state index contributed by atoms with van der Waals surface area (Å²) in [5.74, 6) is 1.70. The molecule has 1 fully saturated rings. The Balaban J connectivity index is 1.70. The third-order valence-corrected chi connectivity index (χ3v) is 4.14. The lowest BCUT2D eigenvalue weighted by Gasteiger charge is -2.32. The third-order valence-electron chi connectivity index (χ3n) is 4.14. The smallest absolute Gasteiger partial charge is 0.181 e. The number of nitrogens with one attached hydrogen (secondary N) is 1. The first-order valence-electron chi connectivity index (χ1n) is 7.01. The van der Waals surface area contributed by atoms with E-state index in [2.05, 4.69) is 41.5 Å². The largest absolute Gasteiger partial charge is 0.443 e. The number of rotatable bonds is 4. The molecule has 0 saturated heterocycles. The fraction of sp³-hybridized carbons (Fsp3) is 0.438. The van der Waals surface area contributed by atoms with Crippen LogP contribution in [0.15, 0.2) is 35.1 Å². The second kappa shape index (κ2) is 5.08. The first kappa shape index (κ1) is 12.3. The Kier molecular flexibility index (Phi) is 3.28. The average molecular weight is 256 g/mol. The SMILES string of the molecule is Cc1ncoc1-c1ccc(NC(C)C2CCC2)cc1. The Morgan fingerprint density at radius 3 is 2.53 bits per heavy atom. The van der Waals surface area contributed by atoms with Gasteiger partial charge in [-0.05, 0) is 56.9 Å². The minimum Gasteiger partial charge on any atom is -0.443 e. The number of anilines is 1. The summed E-state index contributed by atoms with van der Waals surface area (Å²) < 4.78 is 5.40. The monoisotopic (exact) mass is 256 g/mol. The molecule has 3 heteroatoms. The second-order valence-corrected chi connectivity index (χ2v) is 5.47. The molecule has 0 amide bonds. The zero-order chi connectivity index (χ0) is 13.2. The minimum atomic E-state index is 0.562. The molecule has 1 N–H and O–H groups in total. The Bertz CT molecular complexity index is 540. The maximum Gasteiger partial charge on any atom is 0.181 e. The molecule has 1 aromatic heterocycles. The Morgan fingerprint density at radius 2 is 2.00 bits per heavy atom. The minimum absolute atomic E-state index is 0.562. The number of nitrogens with zero attached hydrogens (tertiary/aromatic N) is 1. The molecule has 1 saturated carbocycles. The van der Waals surface area contributed by atoms with Gasteiger partial charge >= 0.3 is 0 Å². The van der Waals surface area contributed by atoms with Crippen LogP contribution in [0.4, 0.5) is 5.69 Å². The van der Waals surface area contributed by atoms with Gasteiger partial charge in [0.1, 0.15) is 0 Å². The van der Waals surface area contributed by atoms with E-state index < -0.39 is 0 Å². The van der Waals surface area contributed by atoms with Crippen LogP contribution in [-0.4, -0.2) is 11.0 Å². The van der Waals surface area contributed by atoms with Gasteiger partial charge in [0, 0.05) is 17.3 Å². The predicted molar refractivity (Wildman–Crippen MR) is 77.1 cm³/mol. The van der Waals surface area contributed by atoms with Crippen molar-refractivity contribution >= 4 is 5.69 Å². The lowest BCUT2D eigenvalue weighted by Crippen LogP contribution is -2.30. The molecule has 1 atom stereocenters. The fourth-order valence-electron chi connectivity index (χ4n) is 2.62. The first-order valence-corrected chi connectivity index (χ1v) is 7.01. The van der Waals surface area contributed by atoms with Gasteiger partial charge < -0.3 is 9.73 Å². The number of oxazole rings is 1. The van der Waals surface area contributed by atoms with Gasteiger partial charge in [0.05, 0.1) is 5.69 Å². The number of aryl methyl sites for hydroxylation is 1. The van der Waals surface area contributed by atoms with Crippen LogP contribution in [0.5, 0.6) is 0 Å². The molecule has 1 aromatic carbocycles. The van der Waals surface area contributed by atoms with Crippen LogP contribution in [0, 0.1) is 12.8 Å². The number of hydrogen-bond acceptors (Lipinski definition) is 3. The summed E-state index contributed by atoms with van der Waals surface area (Å²) in [5.41, 5.74) is 3.20. The maximum atomic E-state index is 5.40. The summed E-state index contributed by atoms with van der Waals surface area (Å²) in [6.45, 7) is 4.24. The van der Waals surface area contributed by atoms with E-state index >= 15 is 0 Å². The molecular weight excluding hydrogens is 236 g/mol. The molecule has 1 aliphatic carbocycles. The summed E-state index contributed by atoms with van der Waals surface area (Å²) in [7, 11) is 0. The fourth-order valence-corrected chi connectivity index (χ4v) is 2.62. The Morgan fingerprint density at radius 1 is 1.26 bits per heavy atom. The molecular formula is C16H20N2O. The van der Waals surface area contributed by atoms with E-state index in [9.17, 15) is 0 Å². The molecule has 100 valence electrons. The van der Waals surface area contributed by atoms with E-state index in [1.807, 2.05) is 6.92 Å². The number of benzene rings is 1. The van der Waals surface area contributed by atoms with Crippen LogP contribution in [0.25, 0.3) is 11.3 Å². The summed E-state index contributed by atoms with van der Waals surface area (Å²) in [5, 5.41) is 3.58. The zero-order valence-corrected chi connectivity index (χ0v) is 11.5. The van der Waals surface area contributed by atoms with Gasteiger partial charge in [-0.1, -0.05) is 6.42 Å². The van der Waals surface area contributed by atoms with E-state index in [1.165, 1.54) is 31.3 Å². The van der Waals surface area contributed by atoms with E-state index in [0.29, 0.717) is 6.04 Å². The van der Waals surface area contributed by atoms with Crippen molar-refractivity contribution in [2.45, 2.75) is 39.2 Å². The second-order valence-electron chi connectivity index (χ2n) is 5.47. The van der Waals surface area contributed by atoms with Gasteiger partial charge in [-0.3, -0.25) is 0 Å². The lowest BCUT2D eigenvalue weighted by atomic mass is 9.80. The third kappa shape index (κ3) is 2.50. The molecule has 0 bridgehead atoms. The average Bonchev–Trinajstić information content (AvgIpc) is 2.74. The van der Waals surface area contributed by atoms with Crippen molar-refractivity contribution in [3.8, 4) is 11.3 Å². The van der Waals surface area contributed by atoms with Gasteiger partial charge in [0.25, 0.3) is 0 Å². The van der Waals surface area contributed by atoms with Gasteiger partial charge in [-0.25, -0.2) is 4.98 Å². The summed E-state index contributed by atoms with van der Waals surface area (Å²) in [6.07, 6.45) is 5.61. The van der Waals surface area contributed by atoms with Crippen molar-refractivity contribution in [2.75, 3.05) is 5.32 Å². The van der Waals surface area contributed by atoms with E-state index in [1.54, 1.807) is 0 Å². The predicted octanol–water partition coefficient (Wildman–Crippen LogP) is 4.25. The maximum absolute atomic E-state index is 5.40. The molecule has 0 spiro atoms. The van der Waals surface area contributed by atoms with E-state index in [0.717, 1.165) is 22.9 Å². The molecule has 19 heavy (non-hydrogen) atoms. The van der Waals surface area contributed by atoms with Crippen molar-refractivity contribution in [1.82, 2.24) is 4.98 Å². The summed E-state index contributed by atoms with van der Waals surface area (Å²) in [4.78, 5) is 4.12. The molecule has 0 radical (unpaired) electrons. The van der Waals surface area contributed by atoms with Crippen molar-refractivity contribution < 1.29 is 4.42 Å².